The zero-order valence-electron chi connectivity index (χ0n) is 13.9. The molecule has 0 aliphatic carbocycles. The normalized spacial score (nSPS) is 11.7. The van der Waals surface area contributed by atoms with E-state index in [0.29, 0.717) is 23.7 Å². The fraction of sp³-hybridized carbons (Fsp3) is 0.438. The Bertz CT molecular complexity index is 671. The second kappa shape index (κ2) is 7.46. The van der Waals surface area contributed by atoms with Crippen molar-refractivity contribution in [2.45, 2.75) is 32.4 Å². The number of ether oxygens (including phenoxy) is 2. The molecular weight excluding hydrogens is 335 g/mol. The predicted octanol–water partition coefficient (Wildman–Crippen LogP) is 4.66. The summed E-state index contributed by atoms with van der Waals surface area (Å²) in [4.78, 5) is 0. The van der Waals surface area contributed by atoms with Crippen molar-refractivity contribution in [1.82, 2.24) is 9.78 Å². The molecule has 4 nitrogen and oxygen atoms in total. The molecule has 0 spiro atoms. The number of halogens is 2. The lowest BCUT2D eigenvalue weighted by atomic mass is 10.1. The topological polar surface area (TPSA) is 36.3 Å². The maximum absolute atomic E-state index is 13.7. The smallest absolute Gasteiger partial charge is 0.142 e. The minimum absolute atomic E-state index is 0.00857. The number of nitrogens with zero attached hydrogens (tertiary/aromatic N) is 2. The van der Waals surface area contributed by atoms with Gasteiger partial charge >= 0.3 is 0 Å². The predicted molar refractivity (Wildman–Crippen MR) is 93.3 cm³/mol. The summed E-state index contributed by atoms with van der Waals surface area (Å²) in [5.74, 6) is -0.00953. The Morgan fingerprint density at radius 3 is 2.65 bits per heavy atom. The molecule has 0 fully saturated rings. The standard InChI is InChI=1S/C16H22ClFN2O2Si/c1-21-14-6-5-12(18)16(17)15(14)13-7-8-20(19-13)11-22-9-10-23(2,3)4/h5-8H,9-11H2,1-4H3. The van der Waals surface area contributed by atoms with E-state index in [1.165, 1.54) is 13.2 Å². The molecule has 0 bridgehead atoms. The lowest BCUT2D eigenvalue weighted by Gasteiger charge is -2.15. The van der Waals surface area contributed by atoms with Crippen molar-refractivity contribution in [1.29, 1.82) is 0 Å². The molecule has 0 aliphatic rings. The minimum Gasteiger partial charge on any atom is -0.496 e. The van der Waals surface area contributed by atoms with Crippen molar-refractivity contribution < 1.29 is 13.9 Å². The summed E-state index contributed by atoms with van der Waals surface area (Å²) in [6, 6.07) is 5.69. The SMILES string of the molecule is COc1ccc(F)c(Cl)c1-c1ccn(COCC[Si](C)(C)C)n1. The van der Waals surface area contributed by atoms with Crippen molar-refractivity contribution in [3.8, 4) is 17.0 Å². The van der Waals surface area contributed by atoms with E-state index in [0.717, 1.165) is 12.7 Å². The van der Waals surface area contributed by atoms with E-state index in [-0.39, 0.29) is 5.02 Å². The number of hydrogen-bond donors (Lipinski definition) is 0. The van der Waals surface area contributed by atoms with Crippen LogP contribution in [0.15, 0.2) is 24.4 Å². The first kappa shape index (κ1) is 18.0. The first-order valence-electron chi connectivity index (χ1n) is 7.45. The van der Waals surface area contributed by atoms with E-state index in [4.69, 9.17) is 21.1 Å². The van der Waals surface area contributed by atoms with Crippen LogP contribution < -0.4 is 4.74 Å². The van der Waals surface area contributed by atoms with Gasteiger partial charge < -0.3 is 9.47 Å². The maximum atomic E-state index is 13.7. The Labute approximate surface area is 142 Å². The third-order valence-corrected chi connectivity index (χ3v) is 5.47. The van der Waals surface area contributed by atoms with Crippen molar-refractivity contribution in [3.05, 3.63) is 35.2 Å². The van der Waals surface area contributed by atoms with E-state index in [2.05, 4.69) is 24.7 Å². The first-order chi connectivity index (χ1) is 10.8. The summed E-state index contributed by atoms with van der Waals surface area (Å²) in [5, 5.41) is 4.41. The van der Waals surface area contributed by atoms with E-state index < -0.39 is 13.9 Å². The van der Waals surface area contributed by atoms with Crippen molar-refractivity contribution in [3.63, 3.8) is 0 Å². The number of methoxy groups -OCH3 is 1. The molecule has 0 saturated heterocycles. The van der Waals surface area contributed by atoms with Crippen LogP contribution in [0, 0.1) is 5.82 Å². The molecule has 0 atom stereocenters. The number of hydrogen-bond acceptors (Lipinski definition) is 3. The molecule has 1 heterocycles. The van der Waals surface area contributed by atoms with Crippen molar-refractivity contribution in [2.24, 2.45) is 0 Å². The van der Waals surface area contributed by atoms with Gasteiger partial charge in [-0.3, -0.25) is 0 Å². The Morgan fingerprint density at radius 1 is 1.26 bits per heavy atom. The van der Waals surface area contributed by atoms with Gasteiger partial charge in [-0.25, -0.2) is 9.07 Å². The zero-order chi connectivity index (χ0) is 17.0. The highest BCUT2D eigenvalue weighted by molar-refractivity contribution is 6.76. The zero-order valence-corrected chi connectivity index (χ0v) is 15.7. The summed E-state index contributed by atoms with van der Waals surface area (Å²) in [6.07, 6.45) is 1.78. The van der Waals surface area contributed by atoms with E-state index in [9.17, 15) is 4.39 Å². The van der Waals surface area contributed by atoms with Crippen LogP contribution in [0.25, 0.3) is 11.3 Å². The van der Waals surface area contributed by atoms with Gasteiger partial charge in [0.15, 0.2) is 0 Å². The molecule has 1 aromatic heterocycles. The summed E-state index contributed by atoms with van der Waals surface area (Å²) in [7, 11) is 0.418. The van der Waals surface area contributed by atoms with Crippen LogP contribution in [0.4, 0.5) is 4.39 Å². The van der Waals surface area contributed by atoms with Gasteiger partial charge in [0.2, 0.25) is 0 Å². The molecular formula is C16H22ClFN2O2Si. The summed E-state index contributed by atoms with van der Waals surface area (Å²) >= 11 is 6.07. The third kappa shape index (κ3) is 4.80. The van der Waals surface area contributed by atoms with Gasteiger partial charge in [-0.05, 0) is 24.2 Å². The summed E-state index contributed by atoms with van der Waals surface area (Å²) in [5.41, 5.74) is 1.01. The Balaban J connectivity index is 2.09. The van der Waals surface area contributed by atoms with Crippen LogP contribution >= 0.6 is 11.6 Å². The second-order valence-electron chi connectivity index (χ2n) is 6.53. The molecule has 0 saturated carbocycles. The van der Waals surface area contributed by atoms with E-state index >= 15 is 0 Å². The molecule has 0 radical (unpaired) electrons. The number of rotatable bonds is 7. The van der Waals surface area contributed by atoms with Crippen molar-refractivity contribution >= 4 is 19.7 Å². The number of aromatic nitrogens is 2. The molecule has 126 valence electrons. The van der Waals surface area contributed by atoms with Crippen LogP contribution in [0.1, 0.15) is 0 Å². The van der Waals surface area contributed by atoms with Crippen LogP contribution in [0.3, 0.4) is 0 Å². The van der Waals surface area contributed by atoms with Crippen LogP contribution in [-0.4, -0.2) is 31.6 Å². The fourth-order valence-electron chi connectivity index (χ4n) is 2.05. The minimum atomic E-state index is -1.10. The molecule has 1 aromatic carbocycles. The maximum Gasteiger partial charge on any atom is 0.142 e. The first-order valence-corrected chi connectivity index (χ1v) is 11.5. The highest BCUT2D eigenvalue weighted by Crippen LogP contribution is 2.37. The quantitative estimate of drug-likeness (QED) is 0.534. The highest BCUT2D eigenvalue weighted by Gasteiger charge is 2.17. The third-order valence-electron chi connectivity index (χ3n) is 3.39. The molecule has 2 aromatic rings. The van der Waals surface area contributed by atoms with Crippen molar-refractivity contribution in [2.75, 3.05) is 13.7 Å². The van der Waals surface area contributed by atoms with E-state index in [1.54, 1.807) is 23.0 Å². The van der Waals surface area contributed by atoms with Gasteiger partial charge in [0.1, 0.15) is 18.3 Å². The number of benzene rings is 1. The highest BCUT2D eigenvalue weighted by atomic mass is 35.5. The Kier molecular flexibility index (Phi) is 5.83. The lowest BCUT2D eigenvalue weighted by molar-refractivity contribution is 0.0787. The molecule has 23 heavy (non-hydrogen) atoms. The fourth-order valence-corrected chi connectivity index (χ4v) is 3.05. The van der Waals surface area contributed by atoms with Crippen LogP contribution in [0.2, 0.25) is 30.7 Å². The molecule has 0 aliphatic heterocycles. The van der Waals surface area contributed by atoms with Crippen LogP contribution in [0.5, 0.6) is 5.75 Å². The molecule has 2 rings (SSSR count). The summed E-state index contributed by atoms with van der Waals surface area (Å²) in [6.45, 7) is 8.00. The van der Waals surface area contributed by atoms with Crippen LogP contribution in [-0.2, 0) is 11.5 Å². The van der Waals surface area contributed by atoms with Gasteiger partial charge in [0.25, 0.3) is 0 Å². The Morgan fingerprint density at radius 2 is 2.00 bits per heavy atom. The monoisotopic (exact) mass is 356 g/mol. The van der Waals surface area contributed by atoms with Gasteiger partial charge in [0, 0.05) is 20.9 Å². The second-order valence-corrected chi connectivity index (χ2v) is 12.5. The molecule has 7 heteroatoms. The molecule has 0 unspecified atom stereocenters. The largest absolute Gasteiger partial charge is 0.496 e. The average molecular weight is 357 g/mol. The lowest BCUT2D eigenvalue weighted by Crippen LogP contribution is -2.22. The van der Waals surface area contributed by atoms with Gasteiger partial charge in [0.05, 0.1) is 23.4 Å². The van der Waals surface area contributed by atoms with Gasteiger partial charge in [-0.15, -0.1) is 0 Å². The Hall–Kier alpha value is -1.37. The average Bonchev–Trinajstić information content (AvgIpc) is 2.93. The molecule has 0 amide bonds. The molecule has 0 N–H and O–H groups in total. The van der Waals surface area contributed by atoms with Gasteiger partial charge in [-0.1, -0.05) is 31.2 Å². The summed E-state index contributed by atoms with van der Waals surface area (Å²) < 4.78 is 26.3. The van der Waals surface area contributed by atoms with E-state index in [1.807, 2.05) is 0 Å². The van der Waals surface area contributed by atoms with Gasteiger partial charge in [-0.2, -0.15) is 5.10 Å².